The summed E-state index contributed by atoms with van der Waals surface area (Å²) in [5.41, 5.74) is 2.78. The summed E-state index contributed by atoms with van der Waals surface area (Å²) in [7, 11) is 4.60. The summed E-state index contributed by atoms with van der Waals surface area (Å²) in [5, 5.41) is 12.5. The number of aryl methyl sites for hydroxylation is 1. The van der Waals surface area contributed by atoms with Gasteiger partial charge in [-0.1, -0.05) is 6.07 Å². The molecule has 1 N–H and O–H groups in total. The van der Waals surface area contributed by atoms with Crippen LogP contribution in [0.2, 0.25) is 0 Å². The molecule has 1 amide bonds. The summed E-state index contributed by atoms with van der Waals surface area (Å²) in [6.07, 6.45) is 2.81. The summed E-state index contributed by atoms with van der Waals surface area (Å²) >= 11 is 1.33. The largest absolute Gasteiger partial charge is 0.493 e. The molecule has 1 heterocycles. The van der Waals surface area contributed by atoms with E-state index in [0.29, 0.717) is 46.1 Å². The number of amides is 1. The maximum absolute atomic E-state index is 13.1. The molecule has 0 saturated heterocycles. The van der Waals surface area contributed by atoms with Crippen LogP contribution in [0.4, 0.5) is 0 Å². The number of furan rings is 1. The minimum Gasteiger partial charge on any atom is -0.493 e. The molecule has 12 heteroatoms. The number of carbonyl (C=O) groups excluding carboxylic acids is 1. The summed E-state index contributed by atoms with van der Waals surface area (Å²) < 4.78 is 22.4. The molecule has 0 unspecified atom stereocenters. The molecule has 38 heavy (non-hydrogen) atoms. The van der Waals surface area contributed by atoms with Gasteiger partial charge < -0.3 is 28.8 Å². The van der Waals surface area contributed by atoms with Crippen LogP contribution in [-0.4, -0.2) is 38.6 Å². The molecule has 4 rings (SSSR count). The predicted octanol–water partition coefficient (Wildman–Crippen LogP) is 4.18. The highest BCUT2D eigenvalue weighted by molar-refractivity contribution is 7.98. The molecular formula is C26H26N2O9S. The van der Waals surface area contributed by atoms with E-state index >= 15 is 0 Å². The van der Waals surface area contributed by atoms with Gasteiger partial charge >= 0.3 is 0 Å². The zero-order valence-electron chi connectivity index (χ0n) is 21.2. The van der Waals surface area contributed by atoms with Crippen LogP contribution in [0.25, 0.3) is 11.1 Å². The van der Waals surface area contributed by atoms with Crippen molar-refractivity contribution in [2.75, 3.05) is 27.6 Å². The van der Waals surface area contributed by atoms with E-state index in [0.717, 1.165) is 11.1 Å². The average molecular weight is 543 g/mol. The maximum Gasteiger partial charge on any atom is 0.294 e. The van der Waals surface area contributed by atoms with Gasteiger partial charge in [0, 0.05) is 5.56 Å². The second-order valence-corrected chi connectivity index (χ2v) is 9.13. The topological polar surface area (TPSA) is 139 Å². The highest BCUT2D eigenvalue weighted by Crippen LogP contribution is 2.50. The van der Waals surface area contributed by atoms with E-state index in [-0.39, 0.29) is 16.9 Å². The molecule has 2 aromatic carbocycles. The van der Waals surface area contributed by atoms with E-state index in [2.05, 4.69) is 10.2 Å². The van der Waals surface area contributed by atoms with Crippen molar-refractivity contribution in [3.05, 3.63) is 79.4 Å². The van der Waals surface area contributed by atoms with Gasteiger partial charge in [-0.05, 0) is 66.1 Å². The monoisotopic (exact) mass is 542 g/mol. The minimum atomic E-state index is -0.940. The highest BCUT2D eigenvalue weighted by atomic mass is 32.2. The van der Waals surface area contributed by atoms with Crippen molar-refractivity contribution in [3.63, 3.8) is 0 Å². The number of hydrogen-bond donors (Lipinski definition) is 1. The molecule has 1 aromatic heterocycles. The molecule has 11 nitrogen and oxygen atoms in total. The first-order valence-corrected chi connectivity index (χ1v) is 12.7. The lowest BCUT2D eigenvalue weighted by Gasteiger charge is -2.19. The fourth-order valence-electron chi connectivity index (χ4n) is 4.54. The Kier molecular flexibility index (Phi) is 8.10. The summed E-state index contributed by atoms with van der Waals surface area (Å²) in [5.74, 6) is 0.931. The Morgan fingerprint density at radius 1 is 1.13 bits per heavy atom. The van der Waals surface area contributed by atoms with Crippen LogP contribution >= 0.6 is 11.8 Å². The molecule has 1 aliphatic rings. The van der Waals surface area contributed by atoms with Crippen molar-refractivity contribution in [1.29, 1.82) is 0 Å². The first-order valence-electron chi connectivity index (χ1n) is 11.5. The Morgan fingerprint density at radius 2 is 1.89 bits per heavy atom. The fourth-order valence-corrected chi connectivity index (χ4v) is 5.00. The molecular weight excluding hydrogens is 516 g/mol. The van der Waals surface area contributed by atoms with Crippen LogP contribution < -0.4 is 25.0 Å². The van der Waals surface area contributed by atoms with Crippen LogP contribution in [0.15, 0.2) is 50.5 Å². The van der Waals surface area contributed by atoms with Gasteiger partial charge in [0.05, 0.1) is 32.3 Å². The second kappa shape index (κ2) is 11.5. The van der Waals surface area contributed by atoms with Gasteiger partial charge in [-0.3, -0.25) is 9.59 Å². The molecule has 0 bridgehead atoms. The number of nitrogens with zero attached hydrogens (tertiary/aromatic N) is 1. The lowest BCUT2D eigenvalue weighted by atomic mass is 9.95. The molecule has 0 aliphatic heterocycles. The number of carbonyl (C=O) groups is 1. The van der Waals surface area contributed by atoms with Gasteiger partial charge in [0.2, 0.25) is 5.75 Å². The first-order chi connectivity index (χ1) is 18.3. The van der Waals surface area contributed by atoms with E-state index in [1.165, 1.54) is 44.2 Å². The van der Waals surface area contributed by atoms with Gasteiger partial charge in [-0.25, -0.2) is 0 Å². The minimum absolute atomic E-state index is 0.0383. The smallest absolute Gasteiger partial charge is 0.294 e. The first kappa shape index (κ1) is 26.9. The zero-order valence-corrected chi connectivity index (χ0v) is 22.0. The molecule has 3 aromatic rings. The summed E-state index contributed by atoms with van der Waals surface area (Å²) in [6.45, 7) is -0.419. The summed E-state index contributed by atoms with van der Waals surface area (Å²) in [6, 6.07) is 9.29. The van der Waals surface area contributed by atoms with Crippen LogP contribution in [0.5, 0.6) is 17.2 Å². The van der Waals surface area contributed by atoms with E-state index in [1.807, 2.05) is 18.4 Å². The van der Waals surface area contributed by atoms with Crippen molar-refractivity contribution < 1.29 is 33.3 Å². The van der Waals surface area contributed by atoms with Crippen molar-refractivity contribution >= 4 is 17.7 Å². The number of nitrogens with one attached hydrogen (secondary N) is 1. The van der Waals surface area contributed by atoms with E-state index in [1.54, 1.807) is 13.2 Å². The number of fused-ring (bicyclic) bond motifs is 3. The van der Waals surface area contributed by atoms with E-state index in [4.69, 9.17) is 18.6 Å². The number of thioether (sulfide) groups is 1. The fraction of sp³-hybridized carbons (Fsp3) is 0.308. The third-order valence-electron chi connectivity index (χ3n) is 6.22. The third-order valence-corrected chi connectivity index (χ3v) is 7.00. The number of benzene rings is 1. The molecule has 0 saturated carbocycles. The normalized spacial score (nSPS) is 13.9. The van der Waals surface area contributed by atoms with Gasteiger partial charge in [-0.2, -0.15) is 0 Å². The Morgan fingerprint density at radius 3 is 2.55 bits per heavy atom. The third kappa shape index (κ3) is 5.25. The maximum atomic E-state index is 13.1. The quantitative estimate of drug-likeness (QED) is 0.238. The average Bonchev–Trinajstić information content (AvgIpc) is 3.27. The van der Waals surface area contributed by atoms with Gasteiger partial charge in [0.15, 0.2) is 29.3 Å². The Hall–Kier alpha value is -4.19. The number of methoxy groups -OCH3 is 3. The molecule has 0 radical (unpaired) electrons. The van der Waals surface area contributed by atoms with Gasteiger partial charge in [0.1, 0.15) is 5.76 Å². The zero-order chi connectivity index (χ0) is 27.4. The van der Waals surface area contributed by atoms with Crippen molar-refractivity contribution in [2.45, 2.75) is 30.4 Å². The number of hydrogen-bond acceptors (Lipinski definition) is 10. The van der Waals surface area contributed by atoms with Crippen LogP contribution in [-0.2, 0) is 17.9 Å². The molecule has 1 atom stereocenters. The van der Waals surface area contributed by atoms with Crippen molar-refractivity contribution in [1.82, 2.24) is 5.32 Å². The Bertz CT molecular complexity index is 1440. The van der Waals surface area contributed by atoms with E-state index in [9.17, 15) is 19.7 Å². The van der Waals surface area contributed by atoms with E-state index < -0.39 is 23.6 Å². The lowest BCUT2D eigenvalue weighted by molar-refractivity contribution is -0.763. The predicted molar refractivity (Wildman–Crippen MR) is 139 cm³/mol. The van der Waals surface area contributed by atoms with Crippen molar-refractivity contribution in [2.24, 2.45) is 0 Å². The number of rotatable bonds is 9. The second-order valence-electron chi connectivity index (χ2n) is 8.29. The van der Waals surface area contributed by atoms with Crippen LogP contribution in [0, 0.1) is 10.1 Å². The van der Waals surface area contributed by atoms with Crippen LogP contribution in [0.1, 0.15) is 39.9 Å². The van der Waals surface area contributed by atoms with Gasteiger partial charge in [-0.15, -0.1) is 21.9 Å². The Balaban J connectivity index is 1.82. The SMILES string of the molecule is COc1cc2c(c(OC)c1OC)-c1ccc(SC)c(=O)cc1[C@@H](NC(=O)c1ccc(CO[N+](=O)[O-])o1)CC2. The molecule has 0 spiro atoms. The molecule has 200 valence electrons. The Labute approximate surface area is 222 Å². The standard InChI is InChI=1S/C26H26N2O9S/c1-33-21-11-14-5-8-18(27-26(30)20-9-6-15(37-20)13-36-28(31)32)17-12-19(29)22(38-4)10-7-16(17)23(14)25(35-3)24(21)34-2/h6-7,9-12,18H,5,8,13H2,1-4H3,(H,27,30)/t18-/m0/s1. The lowest BCUT2D eigenvalue weighted by Crippen LogP contribution is -2.28. The molecule has 1 aliphatic carbocycles. The summed E-state index contributed by atoms with van der Waals surface area (Å²) in [4.78, 5) is 41.5. The number of ether oxygens (including phenoxy) is 3. The van der Waals surface area contributed by atoms with Crippen LogP contribution in [0.3, 0.4) is 0 Å². The van der Waals surface area contributed by atoms with Gasteiger partial charge in [0.25, 0.3) is 11.0 Å². The molecule has 0 fully saturated rings. The van der Waals surface area contributed by atoms with Crippen molar-refractivity contribution in [3.8, 4) is 28.4 Å². The highest BCUT2D eigenvalue weighted by Gasteiger charge is 2.30.